The van der Waals surface area contributed by atoms with Crippen LogP contribution in [0.3, 0.4) is 0 Å². The second-order valence-electron chi connectivity index (χ2n) is 5.40. The Balaban J connectivity index is 2.00. The third-order valence-electron chi connectivity index (χ3n) is 3.51. The van der Waals surface area contributed by atoms with Crippen molar-refractivity contribution in [1.29, 1.82) is 0 Å². The van der Waals surface area contributed by atoms with Crippen molar-refractivity contribution in [2.75, 3.05) is 5.88 Å². The molecule has 2 rings (SSSR count). The minimum absolute atomic E-state index is 0.507. The molecule has 0 nitrogen and oxygen atoms in total. The molecule has 0 bridgehead atoms. The molecule has 0 aliphatic heterocycles. The molecule has 100 valence electrons. The summed E-state index contributed by atoms with van der Waals surface area (Å²) < 4.78 is 0. The lowest BCUT2D eigenvalue weighted by molar-refractivity contribution is 0.584. The first kappa shape index (κ1) is 14.1. The van der Waals surface area contributed by atoms with Crippen molar-refractivity contribution >= 4 is 11.6 Å². The van der Waals surface area contributed by atoms with E-state index in [1.807, 2.05) is 0 Å². The van der Waals surface area contributed by atoms with Crippen LogP contribution in [0.5, 0.6) is 0 Å². The van der Waals surface area contributed by atoms with E-state index >= 15 is 0 Å². The lowest BCUT2D eigenvalue weighted by Gasteiger charge is -2.14. The van der Waals surface area contributed by atoms with Crippen LogP contribution in [0, 0.1) is 19.8 Å². The fraction of sp³-hybridized carbons (Fsp3) is 0.333. The maximum atomic E-state index is 6.13. The zero-order valence-corrected chi connectivity index (χ0v) is 12.5. The fourth-order valence-corrected chi connectivity index (χ4v) is 2.51. The Bertz CT molecular complexity index is 449. The number of benzene rings is 2. The summed E-state index contributed by atoms with van der Waals surface area (Å²) in [5, 5.41) is 0. The van der Waals surface area contributed by atoms with E-state index in [-0.39, 0.29) is 0 Å². The van der Waals surface area contributed by atoms with Crippen LogP contribution in [0.15, 0.2) is 48.5 Å². The SMILES string of the molecule is Cc1ccc(CC(CCl)Cc2ccc(C)cc2)cc1. The van der Waals surface area contributed by atoms with Crippen molar-refractivity contribution in [2.24, 2.45) is 5.92 Å². The van der Waals surface area contributed by atoms with Crippen LogP contribution in [-0.2, 0) is 12.8 Å². The molecule has 2 aromatic carbocycles. The normalized spacial score (nSPS) is 10.9. The highest BCUT2D eigenvalue weighted by Gasteiger charge is 2.09. The summed E-state index contributed by atoms with van der Waals surface area (Å²) in [5.41, 5.74) is 5.38. The molecule has 1 heteroatoms. The highest BCUT2D eigenvalue weighted by Crippen LogP contribution is 2.17. The van der Waals surface area contributed by atoms with E-state index in [1.54, 1.807) is 0 Å². The topological polar surface area (TPSA) is 0 Å². The lowest BCUT2D eigenvalue weighted by atomic mass is 9.93. The second kappa shape index (κ2) is 6.77. The highest BCUT2D eigenvalue weighted by molar-refractivity contribution is 6.18. The zero-order valence-electron chi connectivity index (χ0n) is 11.7. The van der Waals surface area contributed by atoms with Gasteiger partial charge in [0.1, 0.15) is 0 Å². The van der Waals surface area contributed by atoms with Gasteiger partial charge in [-0.05, 0) is 43.7 Å². The molecule has 0 saturated heterocycles. The van der Waals surface area contributed by atoms with Crippen LogP contribution in [0.1, 0.15) is 22.3 Å². The molecule has 0 atom stereocenters. The van der Waals surface area contributed by atoms with E-state index in [0.29, 0.717) is 11.8 Å². The molecule has 0 saturated carbocycles. The average molecular weight is 273 g/mol. The number of halogens is 1. The summed E-state index contributed by atoms with van der Waals surface area (Å²) in [4.78, 5) is 0. The maximum Gasteiger partial charge on any atom is 0.0258 e. The zero-order chi connectivity index (χ0) is 13.7. The average Bonchev–Trinajstić information content (AvgIpc) is 2.43. The highest BCUT2D eigenvalue weighted by atomic mass is 35.5. The number of rotatable bonds is 5. The van der Waals surface area contributed by atoms with Crippen LogP contribution in [0.4, 0.5) is 0 Å². The number of hydrogen-bond acceptors (Lipinski definition) is 0. The minimum Gasteiger partial charge on any atom is -0.126 e. The Hall–Kier alpha value is -1.27. The van der Waals surface area contributed by atoms with Crippen LogP contribution in [0.2, 0.25) is 0 Å². The molecule has 0 spiro atoms. The standard InChI is InChI=1S/C18H21Cl/c1-14-3-7-16(8-4-14)11-18(13-19)12-17-9-5-15(2)6-10-17/h3-10,18H,11-13H2,1-2H3. The Morgan fingerprint density at radius 3 is 1.42 bits per heavy atom. The van der Waals surface area contributed by atoms with E-state index < -0.39 is 0 Å². The van der Waals surface area contributed by atoms with Crippen molar-refractivity contribution < 1.29 is 0 Å². The van der Waals surface area contributed by atoms with Gasteiger partial charge in [-0.2, -0.15) is 0 Å². The molecule has 0 unspecified atom stereocenters. The van der Waals surface area contributed by atoms with Crippen molar-refractivity contribution in [3.8, 4) is 0 Å². The van der Waals surface area contributed by atoms with Gasteiger partial charge in [0.15, 0.2) is 0 Å². The summed E-state index contributed by atoms with van der Waals surface area (Å²) >= 11 is 6.13. The molecule has 0 aliphatic carbocycles. The summed E-state index contributed by atoms with van der Waals surface area (Å²) in [6, 6.07) is 17.5. The first-order valence-corrected chi connectivity index (χ1v) is 7.38. The molecule has 0 N–H and O–H groups in total. The molecular weight excluding hydrogens is 252 g/mol. The molecule has 0 aliphatic rings. The molecule has 0 heterocycles. The predicted molar refractivity (Wildman–Crippen MR) is 84.0 cm³/mol. The summed E-state index contributed by atoms with van der Waals surface area (Å²) in [6.45, 7) is 4.24. The smallest absolute Gasteiger partial charge is 0.0258 e. The largest absolute Gasteiger partial charge is 0.126 e. The van der Waals surface area contributed by atoms with Gasteiger partial charge >= 0.3 is 0 Å². The van der Waals surface area contributed by atoms with Crippen LogP contribution >= 0.6 is 11.6 Å². The molecule has 19 heavy (non-hydrogen) atoms. The van der Waals surface area contributed by atoms with Crippen molar-refractivity contribution in [3.63, 3.8) is 0 Å². The van der Waals surface area contributed by atoms with Gasteiger partial charge in [0.25, 0.3) is 0 Å². The van der Waals surface area contributed by atoms with Gasteiger partial charge in [0, 0.05) is 5.88 Å². The molecule has 0 radical (unpaired) electrons. The van der Waals surface area contributed by atoms with E-state index in [1.165, 1.54) is 22.3 Å². The second-order valence-corrected chi connectivity index (χ2v) is 5.71. The molecular formula is C18H21Cl. The number of alkyl halides is 1. The van der Waals surface area contributed by atoms with E-state index in [9.17, 15) is 0 Å². The van der Waals surface area contributed by atoms with Gasteiger partial charge in [0.05, 0.1) is 0 Å². The van der Waals surface area contributed by atoms with Crippen LogP contribution in [-0.4, -0.2) is 5.88 Å². The summed E-state index contributed by atoms with van der Waals surface area (Å²) in [6.07, 6.45) is 2.11. The molecule has 0 fully saturated rings. The monoisotopic (exact) mass is 272 g/mol. The van der Waals surface area contributed by atoms with Crippen molar-refractivity contribution in [1.82, 2.24) is 0 Å². The van der Waals surface area contributed by atoms with Crippen molar-refractivity contribution in [3.05, 3.63) is 70.8 Å². The van der Waals surface area contributed by atoms with Gasteiger partial charge in [0.2, 0.25) is 0 Å². The van der Waals surface area contributed by atoms with Gasteiger partial charge in [-0.15, -0.1) is 11.6 Å². The van der Waals surface area contributed by atoms with Crippen molar-refractivity contribution in [2.45, 2.75) is 26.7 Å². The lowest BCUT2D eigenvalue weighted by Crippen LogP contribution is -2.10. The minimum atomic E-state index is 0.507. The van der Waals surface area contributed by atoms with Crippen LogP contribution in [0.25, 0.3) is 0 Å². The van der Waals surface area contributed by atoms with E-state index in [0.717, 1.165) is 12.8 Å². The number of hydrogen-bond donors (Lipinski definition) is 0. The first-order chi connectivity index (χ1) is 9.17. The Morgan fingerprint density at radius 1 is 0.737 bits per heavy atom. The molecule has 2 aromatic rings. The van der Waals surface area contributed by atoms with E-state index in [2.05, 4.69) is 62.4 Å². The predicted octanol–water partition coefficient (Wildman–Crippen LogP) is 4.94. The van der Waals surface area contributed by atoms with Gasteiger partial charge in [-0.3, -0.25) is 0 Å². The maximum absolute atomic E-state index is 6.13. The quantitative estimate of drug-likeness (QED) is 0.676. The Labute approximate surface area is 121 Å². The molecule has 0 amide bonds. The summed E-state index contributed by atoms with van der Waals surface area (Å²) in [7, 11) is 0. The van der Waals surface area contributed by atoms with Gasteiger partial charge in [-0.1, -0.05) is 59.7 Å². The Kier molecular flexibility index (Phi) is 5.04. The third kappa shape index (κ3) is 4.40. The Morgan fingerprint density at radius 2 is 1.11 bits per heavy atom. The summed E-state index contributed by atoms with van der Waals surface area (Å²) in [5.74, 6) is 1.22. The third-order valence-corrected chi connectivity index (χ3v) is 3.94. The fourth-order valence-electron chi connectivity index (χ4n) is 2.30. The van der Waals surface area contributed by atoms with Gasteiger partial charge in [-0.25, -0.2) is 0 Å². The first-order valence-electron chi connectivity index (χ1n) is 6.84. The van der Waals surface area contributed by atoms with E-state index in [4.69, 9.17) is 11.6 Å². The number of aryl methyl sites for hydroxylation is 2. The van der Waals surface area contributed by atoms with Gasteiger partial charge < -0.3 is 0 Å². The van der Waals surface area contributed by atoms with Crippen LogP contribution < -0.4 is 0 Å². The molecule has 0 aromatic heterocycles.